The highest BCUT2D eigenvalue weighted by Gasteiger charge is 2.47. The van der Waals surface area contributed by atoms with Crippen LogP contribution < -0.4 is 10.6 Å². The van der Waals surface area contributed by atoms with Crippen LogP contribution >= 0.6 is 0 Å². The molecule has 1 saturated heterocycles. The molecule has 7 heteroatoms. The number of hydrogen-bond donors (Lipinski definition) is 1. The van der Waals surface area contributed by atoms with Crippen LogP contribution in [-0.4, -0.2) is 33.2 Å². The molecule has 0 spiro atoms. The van der Waals surface area contributed by atoms with E-state index < -0.39 is 0 Å². The zero-order chi connectivity index (χ0) is 19.1. The second-order valence-corrected chi connectivity index (χ2v) is 7.98. The van der Waals surface area contributed by atoms with Crippen molar-refractivity contribution < 1.29 is 4.52 Å². The third-order valence-corrected chi connectivity index (χ3v) is 6.14. The Labute approximate surface area is 164 Å². The number of nitrogen functional groups attached to an aromatic ring is 1. The molecule has 2 aromatic heterocycles. The van der Waals surface area contributed by atoms with E-state index in [0.717, 1.165) is 30.0 Å². The summed E-state index contributed by atoms with van der Waals surface area (Å²) in [6, 6.07) is 9.19. The van der Waals surface area contributed by atoms with Gasteiger partial charge in [0.25, 0.3) is 0 Å². The van der Waals surface area contributed by atoms with E-state index in [4.69, 9.17) is 15.2 Å². The third-order valence-electron chi connectivity index (χ3n) is 6.14. The fraction of sp³-hybridized carbons (Fsp3) is 0.429. The molecule has 3 aromatic rings. The average molecular weight is 376 g/mol. The molecular formula is C21H24N6O. The van der Waals surface area contributed by atoms with E-state index in [1.165, 1.54) is 31.2 Å². The second kappa shape index (κ2) is 6.58. The lowest BCUT2D eigenvalue weighted by Crippen LogP contribution is -2.28. The molecule has 2 fully saturated rings. The van der Waals surface area contributed by atoms with Gasteiger partial charge in [0.05, 0.1) is 5.41 Å². The Kier molecular flexibility index (Phi) is 4.03. The highest BCUT2D eigenvalue weighted by Crippen LogP contribution is 2.50. The van der Waals surface area contributed by atoms with E-state index in [0.29, 0.717) is 11.9 Å². The maximum absolute atomic E-state index is 5.63. The fourth-order valence-corrected chi connectivity index (χ4v) is 4.17. The molecule has 0 amide bonds. The predicted molar refractivity (Wildman–Crippen MR) is 107 cm³/mol. The van der Waals surface area contributed by atoms with E-state index in [1.807, 2.05) is 0 Å². The normalized spacial score (nSPS) is 19.0. The van der Waals surface area contributed by atoms with Gasteiger partial charge in [-0.2, -0.15) is 4.98 Å². The SMILES string of the molecule is CC(c1ccc(-c2cnc(N)nc2)cc1)(c1noc(N2CCCC2)n1)C1CC1. The van der Waals surface area contributed by atoms with Gasteiger partial charge in [-0.15, -0.1) is 0 Å². The van der Waals surface area contributed by atoms with Gasteiger partial charge in [0, 0.05) is 31.0 Å². The Morgan fingerprint density at radius 2 is 1.71 bits per heavy atom. The number of aromatic nitrogens is 4. The van der Waals surface area contributed by atoms with Crippen LogP contribution in [0.2, 0.25) is 0 Å². The summed E-state index contributed by atoms with van der Waals surface area (Å²) < 4.78 is 5.63. The fourth-order valence-electron chi connectivity index (χ4n) is 4.17. The Balaban J connectivity index is 1.47. The van der Waals surface area contributed by atoms with E-state index in [1.54, 1.807) is 12.4 Å². The van der Waals surface area contributed by atoms with Crippen molar-refractivity contribution >= 4 is 12.0 Å². The number of nitrogens with zero attached hydrogens (tertiary/aromatic N) is 5. The van der Waals surface area contributed by atoms with Gasteiger partial charge in [0.15, 0.2) is 5.82 Å². The van der Waals surface area contributed by atoms with Crippen LogP contribution in [0.3, 0.4) is 0 Å². The second-order valence-electron chi connectivity index (χ2n) is 7.98. The molecule has 0 radical (unpaired) electrons. The topological polar surface area (TPSA) is 94.0 Å². The molecule has 1 saturated carbocycles. The molecule has 1 atom stereocenters. The highest BCUT2D eigenvalue weighted by atomic mass is 16.5. The number of anilines is 2. The van der Waals surface area contributed by atoms with Crippen LogP contribution in [0.4, 0.5) is 12.0 Å². The van der Waals surface area contributed by atoms with Crippen molar-refractivity contribution in [3.8, 4) is 11.1 Å². The number of benzene rings is 1. The van der Waals surface area contributed by atoms with Crippen molar-refractivity contribution in [1.29, 1.82) is 0 Å². The van der Waals surface area contributed by atoms with Gasteiger partial charge >= 0.3 is 6.01 Å². The van der Waals surface area contributed by atoms with Gasteiger partial charge in [-0.1, -0.05) is 29.4 Å². The van der Waals surface area contributed by atoms with Crippen molar-refractivity contribution in [1.82, 2.24) is 20.1 Å². The lowest BCUT2D eigenvalue weighted by Gasteiger charge is -2.27. The van der Waals surface area contributed by atoms with E-state index in [9.17, 15) is 0 Å². The summed E-state index contributed by atoms with van der Waals surface area (Å²) in [6.07, 6.45) is 8.26. The first-order chi connectivity index (χ1) is 13.6. The van der Waals surface area contributed by atoms with Crippen molar-refractivity contribution in [2.24, 2.45) is 5.92 Å². The molecule has 2 N–H and O–H groups in total. The Hall–Kier alpha value is -2.96. The smallest absolute Gasteiger partial charge is 0.324 e. The summed E-state index contributed by atoms with van der Waals surface area (Å²) in [4.78, 5) is 15.2. The number of nitrogens with two attached hydrogens (primary N) is 1. The molecule has 0 bridgehead atoms. The molecular weight excluding hydrogens is 352 g/mol. The Morgan fingerprint density at radius 3 is 2.36 bits per heavy atom. The summed E-state index contributed by atoms with van der Waals surface area (Å²) in [5, 5.41) is 4.40. The summed E-state index contributed by atoms with van der Waals surface area (Å²) in [5.74, 6) is 1.62. The van der Waals surface area contributed by atoms with Crippen molar-refractivity contribution in [2.75, 3.05) is 23.7 Å². The van der Waals surface area contributed by atoms with Crippen LogP contribution in [0.1, 0.15) is 44.0 Å². The van der Waals surface area contributed by atoms with Gasteiger partial charge in [0.2, 0.25) is 5.95 Å². The molecule has 1 aromatic carbocycles. The van der Waals surface area contributed by atoms with Gasteiger partial charge in [-0.3, -0.25) is 0 Å². The summed E-state index contributed by atoms with van der Waals surface area (Å²) in [6.45, 7) is 4.24. The molecule has 3 heterocycles. The van der Waals surface area contributed by atoms with Crippen LogP contribution in [0.5, 0.6) is 0 Å². The van der Waals surface area contributed by atoms with Gasteiger partial charge < -0.3 is 15.2 Å². The zero-order valence-electron chi connectivity index (χ0n) is 16.0. The van der Waals surface area contributed by atoms with Crippen LogP contribution in [0, 0.1) is 5.92 Å². The summed E-state index contributed by atoms with van der Waals surface area (Å²) in [7, 11) is 0. The summed E-state index contributed by atoms with van der Waals surface area (Å²) >= 11 is 0. The third kappa shape index (κ3) is 2.91. The molecule has 5 rings (SSSR count). The maximum atomic E-state index is 5.63. The average Bonchev–Trinajstić information content (AvgIpc) is 3.23. The molecule has 144 valence electrons. The molecule has 7 nitrogen and oxygen atoms in total. The van der Waals surface area contributed by atoms with Gasteiger partial charge in [-0.25, -0.2) is 9.97 Å². The van der Waals surface area contributed by atoms with Gasteiger partial charge in [-0.05, 0) is 49.7 Å². The standard InChI is InChI=1S/C21H24N6O/c1-21(17-8-9-17,18-25-20(28-26-18)27-10-2-3-11-27)16-6-4-14(5-7-16)15-12-23-19(22)24-13-15/h4-7,12-13,17H,2-3,8-11H2,1H3,(H2,22,23,24). The minimum Gasteiger partial charge on any atom is -0.368 e. The van der Waals surface area contributed by atoms with Crippen LogP contribution in [-0.2, 0) is 5.41 Å². The largest absolute Gasteiger partial charge is 0.368 e. The predicted octanol–water partition coefficient (Wildman–Crippen LogP) is 3.43. The molecule has 2 aliphatic rings. The minimum absolute atomic E-state index is 0.238. The van der Waals surface area contributed by atoms with Crippen LogP contribution in [0.15, 0.2) is 41.2 Å². The molecule has 1 aliphatic carbocycles. The molecule has 28 heavy (non-hydrogen) atoms. The summed E-state index contributed by atoms with van der Waals surface area (Å²) in [5.41, 5.74) is 8.57. The van der Waals surface area contributed by atoms with Gasteiger partial charge in [0.1, 0.15) is 0 Å². The Bertz CT molecular complexity index is 957. The number of rotatable bonds is 5. The van der Waals surface area contributed by atoms with Crippen molar-refractivity contribution in [3.05, 3.63) is 48.0 Å². The highest BCUT2D eigenvalue weighted by molar-refractivity contribution is 5.62. The quantitative estimate of drug-likeness (QED) is 0.729. The lowest BCUT2D eigenvalue weighted by molar-refractivity contribution is 0.381. The van der Waals surface area contributed by atoms with Crippen molar-refractivity contribution in [3.63, 3.8) is 0 Å². The van der Waals surface area contributed by atoms with Crippen molar-refractivity contribution in [2.45, 2.75) is 38.0 Å². The lowest BCUT2D eigenvalue weighted by atomic mass is 9.77. The van der Waals surface area contributed by atoms with E-state index in [2.05, 4.69) is 51.2 Å². The first kappa shape index (κ1) is 17.2. The minimum atomic E-state index is -0.238. The first-order valence-electron chi connectivity index (χ1n) is 9.92. The number of hydrogen-bond acceptors (Lipinski definition) is 7. The maximum Gasteiger partial charge on any atom is 0.324 e. The molecule has 1 aliphatic heterocycles. The Morgan fingerprint density at radius 1 is 1.04 bits per heavy atom. The zero-order valence-corrected chi connectivity index (χ0v) is 16.0. The van der Waals surface area contributed by atoms with E-state index >= 15 is 0 Å². The first-order valence-corrected chi connectivity index (χ1v) is 9.92. The van der Waals surface area contributed by atoms with Crippen LogP contribution in [0.25, 0.3) is 11.1 Å². The van der Waals surface area contributed by atoms with E-state index in [-0.39, 0.29) is 11.4 Å². The monoisotopic (exact) mass is 376 g/mol. The molecule has 1 unspecified atom stereocenters.